The van der Waals surface area contributed by atoms with E-state index in [1.54, 1.807) is 51.3 Å². The molecule has 1 heterocycles. The number of nitrogens with zero attached hydrogens (tertiary/aromatic N) is 1. The second-order valence-corrected chi connectivity index (χ2v) is 25.6. The van der Waals surface area contributed by atoms with E-state index in [9.17, 15) is 49.2 Å². The molecule has 23 heteroatoms. The van der Waals surface area contributed by atoms with E-state index in [-0.39, 0.29) is 18.5 Å². The number of ether oxygens (including phenoxy) is 6. The minimum absolute atomic E-state index is 0.0305. The highest BCUT2D eigenvalue weighted by Gasteiger charge is 2.47. The van der Waals surface area contributed by atoms with Crippen molar-refractivity contribution in [1.29, 1.82) is 0 Å². The fraction of sp³-hybridized carbons (Fsp3) is 0.339. The summed E-state index contributed by atoms with van der Waals surface area (Å²) in [5.41, 5.74) is 5.07. The number of carbonyl (C=O) groups excluding carboxylic acids is 4. The van der Waals surface area contributed by atoms with Gasteiger partial charge in [-0.05, 0) is 179 Å². The van der Waals surface area contributed by atoms with Crippen LogP contribution in [0.3, 0.4) is 0 Å². The number of halogens is 5. The zero-order chi connectivity index (χ0) is 63.1. The van der Waals surface area contributed by atoms with E-state index in [1.165, 1.54) is 20.5 Å². The number of methoxy groups -OCH3 is 3. The first-order valence-corrected chi connectivity index (χ1v) is 32.4. The van der Waals surface area contributed by atoms with Gasteiger partial charge in [0.2, 0.25) is 0 Å². The predicted octanol–water partition coefficient (Wildman–Crippen LogP) is 13.3. The zero-order valence-corrected chi connectivity index (χ0v) is 54.1. The molecular formula is C62H66BrF3INO15S2. The van der Waals surface area contributed by atoms with Gasteiger partial charge in [0.1, 0.15) is 38.8 Å². The lowest BCUT2D eigenvalue weighted by Crippen LogP contribution is -2.26. The monoisotopic (exact) mass is 1390 g/mol. The van der Waals surface area contributed by atoms with Gasteiger partial charge in [-0.25, -0.2) is 27.8 Å². The van der Waals surface area contributed by atoms with Gasteiger partial charge in [0.05, 0.1) is 67.5 Å². The van der Waals surface area contributed by atoms with E-state index >= 15 is 0 Å². The molecule has 0 N–H and O–H groups in total. The number of aromatic nitrogens is 1. The van der Waals surface area contributed by atoms with Crippen molar-refractivity contribution in [2.45, 2.75) is 85.3 Å². The van der Waals surface area contributed by atoms with Gasteiger partial charge in [-0.2, -0.15) is 21.6 Å². The summed E-state index contributed by atoms with van der Waals surface area (Å²) in [5, 5.41) is 1.74. The number of hydrogen-bond acceptors (Lipinski definition) is 16. The second-order valence-electron chi connectivity index (χ2n) is 19.8. The Morgan fingerprint density at radius 2 is 1.20 bits per heavy atom. The van der Waals surface area contributed by atoms with Gasteiger partial charge in [-0.3, -0.25) is 8.98 Å². The van der Waals surface area contributed by atoms with Crippen molar-refractivity contribution >= 4 is 104 Å². The number of fused-ring (bicyclic) bond motifs is 4. The average molecular weight is 1390 g/mol. The third kappa shape index (κ3) is 18.7. The van der Waals surface area contributed by atoms with Crippen molar-refractivity contribution in [3.63, 3.8) is 0 Å². The van der Waals surface area contributed by atoms with Crippen LogP contribution in [0.2, 0.25) is 0 Å². The van der Waals surface area contributed by atoms with E-state index in [0.717, 1.165) is 50.8 Å². The number of esters is 4. The average Bonchev–Trinajstić information content (AvgIpc) is 2.17. The molecule has 0 aliphatic heterocycles. The number of pyridine rings is 1. The standard InChI is InChI=1S/C28H28O5.C26H23NO5.C4H6BrF3O3S.C4H9IO2S/c1-16(2)32-22-11-10-20-14-19-8-6-7-9-23(19)25(24(20)15-22)28(30)33-26-17(3)12-21(13-18(26)4)27(29)31-5;1-14-6-8-21-19(10-14)23(20-13-18(30-4)7-9-22(20)27-21)26(29)32-24-15(2)11-17(12-16(24)3)25(28)31-5;5-2-1-3-11-12(9,10)4(6,7)8;1-8(6,7)4-2-3-5/h6-13,15-16,25H,14H2,1-5H3;6-13H,1-5H3;1-3H2;2-4H2,1H3. The Morgan fingerprint density at radius 1 is 0.671 bits per heavy atom. The van der Waals surface area contributed by atoms with Crippen LogP contribution < -0.4 is 18.9 Å². The molecule has 7 aromatic rings. The largest absolute Gasteiger partial charge is 0.523 e. The van der Waals surface area contributed by atoms with Gasteiger partial charge in [-0.15, -0.1) is 0 Å². The maximum Gasteiger partial charge on any atom is 0.523 e. The lowest BCUT2D eigenvalue weighted by molar-refractivity contribution is -0.135. The first-order valence-electron chi connectivity index (χ1n) is 26.3. The molecule has 0 fully saturated rings. The summed E-state index contributed by atoms with van der Waals surface area (Å²) in [6.07, 6.45) is 3.03. The minimum atomic E-state index is -5.39. The van der Waals surface area contributed by atoms with E-state index in [2.05, 4.69) is 48.8 Å². The zero-order valence-electron chi connectivity index (χ0n) is 48.7. The molecule has 1 aromatic heterocycles. The highest BCUT2D eigenvalue weighted by molar-refractivity contribution is 14.1. The Bertz CT molecular complexity index is 3770. The van der Waals surface area contributed by atoms with Crippen LogP contribution in [0.25, 0.3) is 21.8 Å². The number of alkyl halides is 5. The molecule has 0 saturated heterocycles. The first kappa shape index (κ1) is 69.1. The lowest BCUT2D eigenvalue weighted by Gasteiger charge is -2.28. The first-order chi connectivity index (χ1) is 40.0. The van der Waals surface area contributed by atoms with Crippen LogP contribution in [0.5, 0.6) is 23.0 Å². The summed E-state index contributed by atoms with van der Waals surface area (Å²) in [7, 11) is -3.83. The van der Waals surface area contributed by atoms with Crippen molar-refractivity contribution in [2.75, 3.05) is 49.7 Å². The summed E-state index contributed by atoms with van der Waals surface area (Å²) < 4.78 is 113. The second kappa shape index (κ2) is 30.6. The Labute approximate surface area is 515 Å². The number of aryl methyl sites for hydroxylation is 5. The molecule has 0 amide bonds. The third-order valence-electron chi connectivity index (χ3n) is 12.7. The molecule has 456 valence electrons. The molecule has 6 aromatic carbocycles. The highest BCUT2D eigenvalue weighted by atomic mass is 127. The van der Waals surface area contributed by atoms with Crippen LogP contribution in [-0.4, -0.2) is 107 Å². The number of carbonyl (C=O) groups is 4. The van der Waals surface area contributed by atoms with Gasteiger partial charge in [-0.1, -0.05) is 80.5 Å². The van der Waals surface area contributed by atoms with Crippen LogP contribution in [-0.2, 0) is 44.8 Å². The molecule has 0 spiro atoms. The van der Waals surface area contributed by atoms with Gasteiger partial charge in [0.25, 0.3) is 0 Å². The fourth-order valence-electron chi connectivity index (χ4n) is 8.94. The van der Waals surface area contributed by atoms with E-state index < -0.39 is 55.9 Å². The van der Waals surface area contributed by atoms with Crippen molar-refractivity contribution in [1.82, 2.24) is 4.98 Å². The molecule has 16 nitrogen and oxygen atoms in total. The van der Waals surface area contributed by atoms with Crippen LogP contribution in [0.15, 0.2) is 103 Å². The quantitative estimate of drug-likeness (QED) is 0.0129. The maximum absolute atomic E-state index is 13.7. The van der Waals surface area contributed by atoms with Crippen molar-refractivity contribution in [3.8, 4) is 23.0 Å². The molecule has 0 bridgehead atoms. The molecule has 1 aliphatic rings. The van der Waals surface area contributed by atoms with E-state index in [0.29, 0.717) is 89.1 Å². The van der Waals surface area contributed by atoms with E-state index in [4.69, 9.17) is 33.4 Å². The summed E-state index contributed by atoms with van der Waals surface area (Å²) in [6.45, 7) is 12.7. The van der Waals surface area contributed by atoms with Gasteiger partial charge < -0.3 is 28.4 Å². The normalized spacial score (nSPS) is 12.6. The molecule has 1 aliphatic carbocycles. The van der Waals surface area contributed by atoms with E-state index in [1.807, 2.05) is 101 Å². The summed E-state index contributed by atoms with van der Waals surface area (Å²) >= 11 is 5.07. The van der Waals surface area contributed by atoms with Crippen molar-refractivity contribution < 1.29 is 81.8 Å². The molecule has 0 saturated carbocycles. The van der Waals surface area contributed by atoms with Crippen LogP contribution in [0, 0.1) is 34.6 Å². The lowest BCUT2D eigenvalue weighted by atomic mass is 9.78. The Kier molecular flexibility index (Phi) is 24.9. The van der Waals surface area contributed by atoms with Crippen LogP contribution in [0.4, 0.5) is 13.2 Å². The SMILES string of the molecule is COC(=O)c1cc(C)c(OC(=O)C2c3ccccc3Cc3ccc(OC(C)C)cc32)c(C)c1.COC(=O)c1cc(C)c(OC(=O)c2c3cc(C)ccc3nc3ccc(OC)cc23)c(C)c1.CS(=O)(=O)CCCI.O=S(=O)(OCCCBr)C(F)(F)F. The number of sulfone groups is 1. The Hall–Kier alpha value is -6.67. The maximum atomic E-state index is 13.7. The fourth-order valence-corrected chi connectivity index (χ4v) is 11.2. The predicted molar refractivity (Wildman–Crippen MR) is 331 cm³/mol. The summed E-state index contributed by atoms with van der Waals surface area (Å²) in [6, 6.07) is 31.8. The summed E-state index contributed by atoms with van der Waals surface area (Å²) in [4.78, 5) is 55.8. The van der Waals surface area contributed by atoms with Gasteiger partial charge in [0, 0.05) is 26.8 Å². The molecule has 8 rings (SSSR count). The Morgan fingerprint density at radius 3 is 1.71 bits per heavy atom. The van der Waals surface area contributed by atoms with Gasteiger partial charge in [0.15, 0.2) is 0 Å². The highest BCUT2D eigenvalue weighted by Crippen LogP contribution is 2.41. The molecule has 85 heavy (non-hydrogen) atoms. The smallest absolute Gasteiger partial charge is 0.497 e. The molecule has 1 unspecified atom stereocenters. The topological polar surface area (TPSA) is 214 Å². The van der Waals surface area contributed by atoms with Crippen molar-refractivity contribution in [2.24, 2.45) is 0 Å². The van der Waals surface area contributed by atoms with Crippen LogP contribution in [0.1, 0.15) is 114 Å². The summed E-state index contributed by atoms with van der Waals surface area (Å²) in [5.74, 6) is 0.263. The number of rotatable bonds is 16. The molecule has 1 atom stereocenters. The third-order valence-corrected chi connectivity index (χ3v) is 16.1. The molecule has 0 radical (unpaired) electrons. The number of hydrogen-bond donors (Lipinski definition) is 0. The Balaban J connectivity index is 0.000000236. The van der Waals surface area contributed by atoms with Gasteiger partial charge >= 0.3 is 39.5 Å². The molecular weight excluding hydrogens is 1330 g/mol. The number of benzene rings is 6. The van der Waals surface area contributed by atoms with Crippen LogP contribution >= 0.6 is 38.5 Å². The van der Waals surface area contributed by atoms with Crippen molar-refractivity contribution in [3.05, 3.63) is 170 Å². The minimum Gasteiger partial charge on any atom is -0.497 e.